The maximum atomic E-state index is 10.5. The summed E-state index contributed by atoms with van der Waals surface area (Å²) >= 11 is 4.03. The van der Waals surface area contributed by atoms with Crippen molar-refractivity contribution in [1.82, 2.24) is 0 Å². The molecule has 0 N–H and O–H groups in total. The number of hydrogen-bond acceptors (Lipinski definition) is 2. The van der Waals surface area contributed by atoms with E-state index in [1.165, 1.54) is 8.47 Å². The van der Waals surface area contributed by atoms with E-state index in [0.29, 0.717) is 5.56 Å². The van der Waals surface area contributed by atoms with Gasteiger partial charge in [0, 0.05) is 18.9 Å². The Morgan fingerprint density at radius 1 is 1.00 bits per heavy atom. The quantitative estimate of drug-likeness (QED) is 0.614. The summed E-state index contributed by atoms with van der Waals surface area (Å²) in [6.07, 6.45) is 0.862. The highest BCUT2D eigenvalue weighted by Crippen LogP contribution is 2.30. The van der Waals surface area contributed by atoms with Crippen LogP contribution < -0.4 is 0 Å². The number of aldehydes is 1. The summed E-state index contributed by atoms with van der Waals surface area (Å²) in [5.41, 5.74) is 0.715. The Balaban J connectivity index is 2.21. The van der Waals surface area contributed by atoms with Crippen molar-refractivity contribution in [2.45, 2.75) is 9.79 Å². The topological polar surface area (TPSA) is 17.1 Å². The molecule has 16 heavy (non-hydrogen) atoms. The van der Waals surface area contributed by atoms with Gasteiger partial charge in [0.05, 0.1) is 0 Å². The Kier molecular flexibility index (Phi) is 4.01. The van der Waals surface area contributed by atoms with E-state index < -0.39 is 0 Å². The van der Waals surface area contributed by atoms with E-state index >= 15 is 0 Å². The van der Waals surface area contributed by atoms with Gasteiger partial charge in [0.2, 0.25) is 0 Å². The van der Waals surface area contributed by atoms with E-state index in [1.807, 2.05) is 36.4 Å². The summed E-state index contributed by atoms with van der Waals surface area (Å²) in [4.78, 5) is 12.9. The van der Waals surface area contributed by atoms with Crippen LogP contribution in [0.1, 0.15) is 10.4 Å². The minimum absolute atomic E-state index is 0.715. The first-order valence-electron chi connectivity index (χ1n) is 4.77. The van der Waals surface area contributed by atoms with Crippen molar-refractivity contribution in [2.24, 2.45) is 0 Å². The first kappa shape index (κ1) is 11.7. The smallest absolute Gasteiger partial charge is 0.150 e. The number of carbonyl (C=O) groups is 1. The molecule has 0 aliphatic carbocycles. The van der Waals surface area contributed by atoms with Gasteiger partial charge >= 0.3 is 0 Å². The minimum atomic E-state index is 0.715. The van der Waals surface area contributed by atoms with Crippen molar-refractivity contribution in [3.05, 3.63) is 57.7 Å². The molecule has 3 heteroatoms. The predicted octanol–water partition coefficient (Wildman–Crippen LogP) is 4.25. The fourth-order valence-electron chi connectivity index (χ4n) is 1.27. The zero-order valence-corrected chi connectivity index (χ0v) is 11.4. The second-order valence-electron chi connectivity index (χ2n) is 3.22. The summed E-state index contributed by atoms with van der Waals surface area (Å²) in [7, 11) is 0. The van der Waals surface area contributed by atoms with Crippen molar-refractivity contribution in [3.8, 4) is 0 Å². The molecule has 0 radical (unpaired) electrons. The maximum Gasteiger partial charge on any atom is 0.150 e. The van der Waals surface area contributed by atoms with Crippen LogP contribution in [0.15, 0.2) is 58.3 Å². The normalized spacial score (nSPS) is 10.1. The van der Waals surface area contributed by atoms with E-state index in [9.17, 15) is 4.79 Å². The Hall–Kier alpha value is -0.810. The van der Waals surface area contributed by atoms with E-state index in [0.717, 1.165) is 11.2 Å². The van der Waals surface area contributed by atoms with E-state index in [-0.39, 0.29) is 0 Å². The number of halogens is 1. The molecule has 2 aromatic rings. The van der Waals surface area contributed by atoms with Gasteiger partial charge < -0.3 is 0 Å². The first-order valence-corrected chi connectivity index (χ1v) is 6.67. The van der Waals surface area contributed by atoms with Crippen LogP contribution in [-0.2, 0) is 0 Å². The van der Waals surface area contributed by atoms with Gasteiger partial charge in [-0.05, 0) is 46.9 Å². The third kappa shape index (κ3) is 2.86. The monoisotopic (exact) mass is 340 g/mol. The van der Waals surface area contributed by atoms with Gasteiger partial charge in [-0.2, -0.15) is 0 Å². The largest absolute Gasteiger partial charge is 0.298 e. The van der Waals surface area contributed by atoms with Crippen LogP contribution in [0.5, 0.6) is 0 Å². The molecule has 0 amide bonds. The number of carbonyl (C=O) groups excluding carboxylic acids is 1. The molecular weight excluding hydrogens is 331 g/mol. The number of hydrogen-bond donors (Lipinski definition) is 0. The fraction of sp³-hybridized carbons (Fsp3) is 0. The van der Waals surface area contributed by atoms with E-state index in [4.69, 9.17) is 0 Å². The molecule has 0 spiro atoms. The van der Waals surface area contributed by atoms with Crippen LogP contribution >= 0.6 is 34.4 Å². The molecule has 2 aromatic carbocycles. The number of rotatable bonds is 3. The zero-order valence-electron chi connectivity index (χ0n) is 8.39. The van der Waals surface area contributed by atoms with Crippen LogP contribution in [0.2, 0.25) is 0 Å². The minimum Gasteiger partial charge on any atom is -0.298 e. The highest BCUT2D eigenvalue weighted by atomic mass is 127. The molecule has 80 valence electrons. The van der Waals surface area contributed by atoms with Crippen LogP contribution in [0, 0.1) is 3.57 Å². The number of benzene rings is 2. The van der Waals surface area contributed by atoms with Crippen molar-refractivity contribution < 1.29 is 4.79 Å². The van der Waals surface area contributed by atoms with Crippen molar-refractivity contribution in [3.63, 3.8) is 0 Å². The second kappa shape index (κ2) is 5.50. The lowest BCUT2D eigenvalue weighted by atomic mass is 10.2. The van der Waals surface area contributed by atoms with Crippen LogP contribution in [0.25, 0.3) is 0 Å². The van der Waals surface area contributed by atoms with Crippen molar-refractivity contribution in [1.29, 1.82) is 0 Å². The Morgan fingerprint density at radius 2 is 1.69 bits per heavy atom. The summed E-state index contributed by atoms with van der Waals surface area (Å²) in [5.74, 6) is 0. The van der Waals surface area contributed by atoms with Crippen molar-refractivity contribution in [2.75, 3.05) is 0 Å². The molecule has 0 fully saturated rings. The van der Waals surface area contributed by atoms with Gasteiger partial charge in [0.1, 0.15) is 6.29 Å². The average molecular weight is 340 g/mol. The molecule has 1 nitrogen and oxygen atoms in total. The molecule has 0 saturated heterocycles. The predicted molar refractivity (Wildman–Crippen MR) is 75.1 cm³/mol. The van der Waals surface area contributed by atoms with Crippen LogP contribution in [-0.4, -0.2) is 6.29 Å². The van der Waals surface area contributed by atoms with Crippen LogP contribution in [0.4, 0.5) is 0 Å². The molecule has 2 rings (SSSR count). The Bertz CT molecular complexity index is 494. The molecule has 0 aliphatic rings. The molecule has 0 heterocycles. The van der Waals surface area contributed by atoms with Gasteiger partial charge in [-0.25, -0.2) is 0 Å². The van der Waals surface area contributed by atoms with Gasteiger partial charge in [-0.15, -0.1) is 0 Å². The zero-order chi connectivity index (χ0) is 11.4. The molecule has 0 bridgehead atoms. The highest BCUT2D eigenvalue weighted by molar-refractivity contribution is 14.1. The standard InChI is InChI=1S/C13H9IOS/c14-12-3-1-2-4-13(12)16-11-7-5-10(9-15)6-8-11/h1-9H. The fourth-order valence-corrected chi connectivity index (χ4v) is 2.82. The van der Waals surface area contributed by atoms with Gasteiger partial charge in [-0.1, -0.05) is 36.0 Å². The van der Waals surface area contributed by atoms with Crippen LogP contribution in [0.3, 0.4) is 0 Å². The SMILES string of the molecule is O=Cc1ccc(Sc2ccccc2I)cc1. The lowest BCUT2D eigenvalue weighted by Crippen LogP contribution is -1.80. The molecule has 0 aliphatic heterocycles. The first-order chi connectivity index (χ1) is 7.79. The van der Waals surface area contributed by atoms with Gasteiger partial charge in [0.25, 0.3) is 0 Å². The lowest BCUT2D eigenvalue weighted by molar-refractivity contribution is 0.112. The molecule has 0 unspecified atom stereocenters. The molecule has 0 saturated carbocycles. The second-order valence-corrected chi connectivity index (χ2v) is 5.50. The van der Waals surface area contributed by atoms with E-state index in [1.54, 1.807) is 11.8 Å². The summed E-state index contributed by atoms with van der Waals surface area (Å²) in [6, 6.07) is 15.9. The third-order valence-electron chi connectivity index (χ3n) is 2.08. The van der Waals surface area contributed by atoms with Gasteiger partial charge in [-0.3, -0.25) is 4.79 Å². The van der Waals surface area contributed by atoms with Gasteiger partial charge in [0.15, 0.2) is 0 Å². The average Bonchev–Trinajstić information content (AvgIpc) is 2.33. The highest BCUT2D eigenvalue weighted by Gasteiger charge is 2.01. The molecule has 0 atom stereocenters. The lowest BCUT2D eigenvalue weighted by Gasteiger charge is -2.03. The van der Waals surface area contributed by atoms with Crippen molar-refractivity contribution >= 4 is 40.6 Å². The Labute approximate surface area is 112 Å². The third-order valence-corrected chi connectivity index (χ3v) is 4.47. The summed E-state index contributed by atoms with van der Waals surface area (Å²) in [5, 5.41) is 0. The summed E-state index contributed by atoms with van der Waals surface area (Å²) < 4.78 is 1.24. The summed E-state index contributed by atoms with van der Waals surface area (Å²) in [6.45, 7) is 0. The Morgan fingerprint density at radius 3 is 2.31 bits per heavy atom. The molecule has 0 aromatic heterocycles. The molecular formula is C13H9IOS. The van der Waals surface area contributed by atoms with E-state index in [2.05, 4.69) is 34.7 Å². The maximum absolute atomic E-state index is 10.5.